The molecule has 0 unspecified atom stereocenters. The minimum Gasteiger partial charge on any atom is -0.384 e. The number of aromatic nitrogens is 7. The monoisotopic (exact) mass is 564 g/mol. The van der Waals surface area contributed by atoms with Crippen LogP contribution in [-0.2, 0) is 4.79 Å². The van der Waals surface area contributed by atoms with Gasteiger partial charge in [-0.2, -0.15) is 5.10 Å². The van der Waals surface area contributed by atoms with E-state index < -0.39 is 0 Å². The number of pyridine rings is 3. The van der Waals surface area contributed by atoms with Crippen LogP contribution >= 0.6 is 0 Å². The number of likely N-dealkylation sites (N-methyl/N-ethyl adjacent to an activating group) is 1. The Hall–Kier alpha value is -5.23. The van der Waals surface area contributed by atoms with Crippen molar-refractivity contribution in [3.63, 3.8) is 0 Å². The summed E-state index contributed by atoms with van der Waals surface area (Å²) in [5.41, 5.74) is 7.24. The van der Waals surface area contributed by atoms with Gasteiger partial charge >= 0.3 is 0 Å². The summed E-state index contributed by atoms with van der Waals surface area (Å²) in [4.78, 5) is 35.6. The van der Waals surface area contributed by atoms with Crippen LogP contribution in [0.4, 0.5) is 15.8 Å². The SMILES string of the molecule is CCC(=O)Nc1cncc(-c2ccc3[nH]nc(-c4nc5c(-c6cc(F)cc(NCCN(C)C)c6)cncc5[nH]4)c3n2)c1. The van der Waals surface area contributed by atoms with Gasteiger partial charge in [0.2, 0.25) is 5.91 Å². The number of hydrogen-bond acceptors (Lipinski definition) is 8. The highest BCUT2D eigenvalue weighted by atomic mass is 19.1. The second-order valence-corrected chi connectivity index (χ2v) is 10.2. The van der Waals surface area contributed by atoms with Gasteiger partial charge in [0.25, 0.3) is 0 Å². The lowest BCUT2D eigenvalue weighted by Gasteiger charge is -2.12. The highest BCUT2D eigenvalue weighted by Gasteiger charge is 2.18. The van der Waals surface area contributed by atoms with E-state index in [1.807, 2.05) is 38.4 Å². The van der Waals surface area contributed by atoms with Crippen LogP contribution in [-0.4, -0.2) is 73.1 Å². The quantitative estimate of drug-likeness (QED) is 0.190. The first-order valence-electron chi connectivity index (χ1n) is 13.5. The topological polar surface area (TPSA) is 140 Å². The first-order valence-corrected chi connectivity index (χ1v) is 13.5. The van der Waals surface area contributed by atoms with Gasteiger partial charge in [0.1, 0.15) is 11.3 Å². The van der Waals surface area contributed by atoms with Crippen molar-refractivity contribution in [3.05, 3.63) is 67.0 Å². The lowest BCUT2D eigenvalue weighted by atomic mass is 10.1. The maximum Gasteiger partial charge on any atom is 0.224 e. The molecule has 0 bridgehead atoms. The van der Waals surface area contributed by atoms with Crippen molar-refractivity contribution in [2.24, 2.45) is 0 Å². The van der Waals surface area contributed by atoms with Gasteiger partial charge in [0, 0.05) is 48.7 Å². The third-order valence-electron chi connectivity index (χ3n) is 6.76. The molecular formula is C30H29FN10O. The van der Waals surface area contributed by atoms with Gasteiger partial charge in [0.15, 0.2) is 11.5 Å². The predicted octanol–water partition coefficient (Wildman–Crippen LogP) is 5.09. The number of hydrogen-bond donors (Lipinski definition) is 4. The number of H-pyrrole nitrogens is 2. The molecule has 5 aromatic heterocycles. The van der Waals surface area contributed by atoms with E-state index in [1.54, 1.807) is 31.7 Å². The Bertz CT molecular complexity index is 1910. The highest BCUT2D eigenvalue weighted by Crippen LogP contribution is 2.33. The fourth-order valence-corrected chi connectivity index (χ4v) is 4.65. The molecule has 0 saturated carbocycles. The number of amides is 1. The maximum absolute atomic E-state index is 14.6. The Morgan fingerprint density at radius 2 is 1.76 bits per heavy atom. The molecular weight excluding hydrogens is 535 g/mol. The summed E-state index contributed by atoms with van der Waals surface area (Å²) in [6.45, 7) is 3.29. The molecule has 0 aliphatic heterocycles. The Morgan fingerprint density at radius 3 is 2.60 bits per heavy atom. The van der Waals surface area contributed by atoms with Crippen LogP contribution in [0.1, 0.15) is 13.3 Å². The second-order valence-electron chi connectivity index (χ2n) is 10.2. The van der Waals surface area contributed by atoms with Gasteiger partial charge in [-0.05, 0) is 56.1 Å². The standard InChI is InChI=1S/C30H29FN10O/c1-4-26(42)35-21-11-18(13-32-14-21)23-5-6-24-28(36-23)29(40-39-24)30-37-25-16-33-15-22(27(25)38-30)17-9-19(31)12-20(10-17)34-7-8-41(2)3/h5-6,9-16,34H,4,7-8H2,1-3H3,(H,35,42)(H,37,38)(H,39,40). The van der Waals surface area contributed by atoms with Crippen LogP contribution in [0, 0.1) is 5.82 Å². The molecule has 0 saturated heterocycles. The van der Waals surface area contributed by atoms with Crippen molar-refractivity contribution in [1.82, 2.24) is 40.0 Å². The molecule has 4 N–H and O–H groups in total. The summed E-state index contributed by atoms with van der Waals surface area (Å²) >= 11 is 0. The Morgan fingerprint density at radius 1 is 0.929 bits per heavy atom. The third kappa shape index (κ3) is 5.52. The minimum absolute atomic E-state index is 0.0942. The van der Waals surface area contributed by atoms with E-state index in [0.29, 0.717) is 69.2 Å². The highest BCUT2D eigenvalue weighted by molar-refractivity contribution is 5.96. The van der Waals surface area contributed by atoms with Gasteiger partial charge < -0.3 is 20.5 Å². The molecule has 0 aliphatic rings. The summed E-state index contributed by atoms with van der Waals surface area (Å²) in [5, 5.41) is 13.6. The molecule has 1 aromatic carbocycles. The number of fused-ring (bicyclic) bond motifs is 2. The fourth-order valence-electron chi connectivity index (χ4n) is 4.65. The van der Waals surface area contributed by atoms with Crippen LogP contribution in [0.5, 0.6) is 0 Å². The summed E-state index contributed by atoms with van der Waals surface area (Å²) in [5.74, 6) is 0.0525. The summed E-state index contributed by atoms with van der Waals surface area (Å²) < 4.78 is 14.6. The number of benzene rings is 1. The van der Waals surface area contributed by atoms with Crippen LogP contribution in [0.25, 0.3) is 56.0 Å². The zero-order valence-corrected chi connectivity index (χ0v) is 23.4. The fraction of sp³-hybridized carbons (Fsp3) is 0.200. The molecule has 6 aromatic rings. The van der Waals surface area contributed by atoms with Crippen molar-refractivity contribution in [2.45, 2.75) is 13.3 Å². The number of nitrogens with zero attached hydrogens (tertiary/aromatic N) is 6. The number of anilines is 2. The number of carbonyl (C=O) groups is 1. The summed E-state index contributed by atoms with van der Waals surface area (Å²) in [6.07, 6.45) is 7.02. The van der Waals surface area contributed by atoms with E-state index in [4.69, 9.17) is 9.97 Å². The van der Waals surface area contributed by atoms with E-state index in [1.165, 1.54) is 12.1 Å². The summed E-state index contributed by atoms with van der Waals surface area (Å²) in [7, 11) is 3.98. The average molecular weight is 565 g/mol. The lowest BCUT2D eigenvalue weighted by Crippen LogP contribution is -2.20. The first kappa shape index (κ1) is 27.0. The average Bonchev–Trinajstić information content (AvgIpc) is 3.60. The van der Waals surface area contributed by atoms with Crippen molar-refractivity contribution in [2.75, 3.05) is 37.8 Å². The van der Waals surface area contributed by atoms with Gasteiger partial charge in [-0.15, -0.1) is 0 Å². The molecule has 0 spiro atoms. The Labute approximate surface area is 240 Å². The molecule has 0 atom stereocenters. The van der Waals surface area contributed by atoms with E-state index in [9.17, 15) is 9.18 Å². The maximum atomic E-state index is 14.6. The van der Waals surface area contributed by atoms with Crippen LogP contribution < -0.4 is 10.6 Å². The summed E-state index contributed by atoms with van der Waals surface area (Å²) in [6, 6.07) is 10.4. The molecule has 0 radical (unpaired) electrons. The van der Waals surface area contributed by atoms with Crippen molar-refractivity contribution in [3.8, 4) is 33.9 Å². The number of rotatable bonds is 9. The number of nitrogens with one attached hydrogen (secondary N) is 4. The van der Waals surface area contributed by atoms with E-state index in [-0.39, 0.29) is 11.7 Å². The van der Waals surface area contributed by atoms with E-state index in [2.05, 4.69) is 40.7 Å². The van der Waals surface area contributed by atoms with E-state index in [0.717, 1.165) is 17.6 Å². The second kappa shape index (κ2) is 11.3. The third-order valence-corrected chi connectivity index (χ3v) is 6.76. The smallest absolute Gasteiger partial charge is 0.224 e. The number of aromatic amines is 2. The van der Waals surface area contributed by atoms with Gasteiger partial charge in [0.05, 0.1) is 40.3 Å². The molecule has 6 rings (SSSR count). The van der Waals surface area contributed by atoms with Crippen molar-refractivity contribution >= 4 is 39.3 Å². The Kier molecular flexibility index (Phi) is 7.28. The molecule has 11 nitrogen and oxygen atoms in total. The van der Waals surface area contributed by atoms with Crippen LogP contribution in [0.3, 0.4) is 0 Å². The van der Waals surface area contributed by atoms with Crippen LogP contribution in [0.2, 0.25) is 0 Å². The van der Waals surface area contributed by atoms with Gasteiger partial charge in [-0.3, -0.25) is 19.9 Å². The van der Waals surface area contributed by atoms with Crippen molar-refractivity contribution < 1.29 is 9.18 Å². The number of carbonyl (C=O) groups excluding carboxylic acids is 1. The molecule has 12 heteroatoms. The zero-order chi connectivity index (χ0) is 29.2. The van der Waals surface area contributed by atoms with E-state index >= 15 is 0 Å². The zero-order valence-electron chi connectivity index (χ0n) is 23.4. The predicted molar refractivity (Wildman–Crippen MR) is 161 cm³/mol. The van der Waals surface area contributed by atoms with Crippen molar-refractivity contribution in [1.29, 1.82) is 0 Å². The number of imidazole rings is 1. The number of halogens is 1. The lowest BCUT2D eigenvalue weighted by molar-refractivity contribution is -0.115. The molecule has 0 aliphatic carbocycles. The largest absolute Gasteiger partial charge is 0.384 e. The molecule has 212 valence electrons. The van der Waals surface area contributed by atoms with Gasteiger partial charge in [-0.1, -0.05) is 6.92 Å². The minimum atomic E-state index is -0.351. The first-order chi connectivity index (χ1) is 20.4. The van der Waals surface area contributed by atoms with Crippen LogP contribution in [0.15, 0.2) is 61.2 Å². The molecule has 5 heterocycles. The molecule has 0 fully saturated rings. The Balaban J connectivity index is 1.36. The normalized spacial score (nSPS) is 11.5. The van der Waals surface area contributed by atoms with Gasteiger partial charge in [-0.25, -0.2) is 14.4 Å². The molecule has 42 heavy (non-hydrogen) atoms. The molecule has 1 amide bonds.